The van der Waals surface area contributed by atoms with Crippen LogP contribution in [0.1, 0.15) is 44.9 Å². The van der Waals surface area contributed by atoms with Crippen LogP contribution in [0.4, 0.5) is 0 Å². The Kier molecular flexibility index (Phi) is 4.44. The molecule has 2 aromatic rings. The molecule has 2 heterocycles. The fourth-order valence-electron chi connectivity index (χ4n) is 3.36. The quantitative estimate of drug-likeness (QED) is 0.929. The minimum absolute atomic E-state index is 0.187. The lowest BCUT2D eigenvalue weighted by Crippen LogP contribution is -2.18. The van der Waals surface area contributed by atoms with E-state index in [1.165, 1.54) is 5.56 Å². The normalized spacial score (nSPS) is 15.7. The van der Waals surface area contributed by atoms with Gasteiger partial charge >= 0.3 is 0 Å². The van der Waals surface area contributed by atoms with Gasteiger partial charge in [0, 0.05) is 11.4 Å². The highest BCUT2D eigenvalue weighted by molar-refractivity contribution is 6.14. The maximum absolute atomic E-state index is 10.8. The number of aromatic hydroxyl groups is 1. The van der Waals surface area contributed by atoms with Crippen LogP contribution in [0, 0.1) is 5.92 Å². The van der Waals surface area contributed by atoms with Gasteiger partial charge in [-0.15, -0.1) is 0 Å². The van der Waals surface area contributed by atoms with Crippen LogP contribution in [0.15, 0.2) is 23.2 Å². The van der Waals surface area contributed by atoms with E-state index in [9.17, 15) is 5.11 Å². The van der Waals surface area contributed by atoms with Gasteiger partial charge in [0.15, 0.2) is 0 Å². The smallest absolute Gasteiger partial charge is 0.201 e. The van der Waals surface area contributed by atoms with Crippen LogP contribution in [-0.4, -0.2) is 35.1 Å². The molecule has 1 aliphatic rings. The molecule has 0 aliphatic carbocycles. The number of nitrogens with zero attached hydrogens (tertiary/aromatic N) is 2. The molecule has 1 aromatic carbocycles. The van der Waals surface area contributed by atoms with Gasteiger partial charge in [-0.05, 0) is 43.9 Å². The van der Waals surface area contributed by atoms with Crippen molar-refractivity contribution in [1.82, 2.24) is 4.57 Å². The van der Waals surface area contributed by atoms with Crippen molar-refractivity contribution in [3.8, 4) is 5.88 Å². The van der Waals surface area contributed by atoms with E-state index in [2.05, 4.69) is 50.9 Å². The zero-order valence-corrected chi connectivity index (χ0v) is 14.5. The first-order valence-electron chi connectivity index (χ1n) is 8.46. The average molecular weight is 314 g/mol. The van der Waals surface area contributed by atoms with Gasteiger partial charge in [0.1, 0.15) is 0 Å². The highest BCUT2D eigenvalue weighted by atomic mass is 16.5. The Labute approximate surface area is 137 Å². The van der Waals surface area contributed by atoms with E-state index in [1.807, 2.05) is 4.57 Å². The second-order valence-corrected chi connectivity index (χ2v) is 6.99. The van der Waals surface area contributed by atoms with Crippen LogP contribution in [-0.2, 0) is 11.2 Å². The third kappa shape index (κ3) is 3.00. The van der Waals surface area contributed by atoms with E-state index < -0.39 is 0 Å². The van der Waals surface area contributed by atoms with Crippen molar-refractivity contribution in [2.45, 2.75) is 40.2 Å². The maximum atomic E-state index is 10.8. The molecule has 0 amide bonds. The Morgan fingerprint density at radius 1 is 1.26 bits per heavy atom. The molecule has 0 saturated carbocycles. The van der Waals surface area contributed by atoms with E-state index in [0.717, 1.165) is 28.6 Å². The molecule has 0 fully saturated rings. The number of rotatable bonds is 4. The molecule has 23 heavy (non-hydrogen) atoms. The number of aliphatic imine (C=N–C) groups is 1. The molecule has 0 spiro atoms. The number of aromatic nitrogens is 1. The third-order valence-corrected chi connectivity index (χ3v) is 4.27. The van der Waals surface area contributed by atoms with Crippen LogP contribution in [0.2, 0.25) is 0 Å². The summed E-state index contributed by atoms with van der Waals surface area (Å²) >= 11 is 0. The van der Waals surface area contributed by atoms with Crippen LogP contribution >= 0.6 is 0 Å². The molecule has 0 bridgehead atoms. The predicted molar refractivity (Wildman–Crippen MR) is 94.8 cm³/mol. The Hall–Kier alpha value is -1.81. The summed E-state index contributed by atoms with van der Waals surface area (Å²) in [7, 11) is 0. The monoisotopic (exact) mass is 314 g/mol. The summed E-state index contributed by atoms with van der Waals surface area (Å²) in [6.45, 7) is 10.4. The molecule has 3 rings (SSSR count). The van der Waals surface area contributed by atoms with Crippen molar-refractivity contribution in [3.63, 3.8) is 0 Å². The lowest BCUT2D eigenvalue weighted by atomic mass is 9.99. The maximum Gasteiger partial charge on any atom is 0.201 e. The first-order chi connectivity index (χ1) is 11.0. The molecule has 0 saturated heterocycles. The van der Waals surface area contributed by atoms with Gasteiger partial charge in [-0.25, -0.2) is 0 Å². The Morgan fingerprint density at radius 2 is 2.04 bits per heavy atom. The summed E-state index contributed by atoms with van der Waals surface area (Å²) in [5.74, 6) is 0.910. The SMILES string of the molecule is CC(C)Cc1ccc2c(c1)c(C1=NCCOC1)c(O)n2C(C)C. The van der Waals surface area contributed by atoms with Gasteiger partial charge in [-0.1, -0.05) is 19.9 Å². The van der Waals surface area contributed by atoms with Gasteiger partial charge in [0.05, 0.1) is 36.6 Å². The third-order valence-electron chi connectivity index (χ3n) is 4.27. The summed E-state index contributed by atoms with van der Waals surface area (Å²) in [5.41, 5.74) is 4.07. The molecule has 0 unspecified atom stereocenters. The molecule has 0 radical (unpaired) electrons. The van der Waals surface area contributed by atoms with E-state index in [4.69, 9.17) is 4.74 Å². The van der Waals surface area contributed by atoms with Crippen molar-refractivity contribution in [2.24, 2.45) is 10.9 Å². The topological polar surface area (TPSA) is 46.8 Å². The van der Waals surface area contributed by atoms with Gasteiger partial charge < -0.3 is 14.4 Å². The molecule has 0 atom stereocenters. The van der Waals surface area contributed by atoms with Crippen molar-refractivity contribution in [1.29, 1.82) is 0 Å². The Balaban J connectivity index is 2.22. The van der Waals surface area contributed by atoms with Crippen LogP contribution in [0.5, 0.6) is 5.88 Å². The summed E-state index contributed by atoms with van der Waals surface area (Å²) < 4.78 is 7.54. The molecular formula is C19H26N2O2. The Bertz CT molecular complexity index is 741. The van der Waals surface area contributed by atoms with E-state index in [0.29, 0.717) is 31.6 Å². The summed E-state index contributed by atoms with van der Waals surface area (Å²) in [4.78, 5) is 4.59. The van der Waals surface area contributed by atoms with Gasteiger partial charge in [0.25, 0.3) is 0 Å². The summed E-state index contributed by atoms with van der Waals surface area (Å²) in [5, 5.41) is 11.9. The van der Waals surface area contributed by atoms with Gasteiger partial charge in [-0.3, -0.25) is 4.99 Å². The fourth-order valence-corrected chi connectivity index (χ4v) is 3.36. The van der Waals surface area contributed by atoms with Crippen LogP contribution in [0.3, 0.4) is 0 Å². The summed E-state index contributed by atoms with van der Waals surface area (Å²) in [6.07, 6.45) is 1.03. The fraction of sp³-hybridized carbons (Fsp3) is 0.526. The molecule has 1 aliphatic heterocycles. The molecule has 4 heteroatoms. The van der Waals surface area contributed by atoms with Crippen molar-refractivity contribution in [3.05, 3.63) is 29.3 Å². The zero-order chi connectivity index (χ0) is 16.6. The van der Waals surface area contributed by atoms with Crippen molar-refractivity contribution in [2.75, 3.05) is 19.8 Å². The molecule has 1 aromatic heterocycles. The highest BCUT2D eigenvalue weighted by Crippen LogP contribution is 2.36. The van der Waals surface area contributed by atoms with Gasteiger partial charge in [-0.2, -0.15) is 0 Å². The van der Waals surface area contributed by atoms with Gasteiger partial charge in [0.2, 0.25) is 5.88 Å². The van der Waals surface area contributed by atoms with E-state index in [1.54, 1.807) is 0 Å². The number of benzene rings is 1. The average Bonchev–Trinajstić information content (AvgIpc) is 2.79. The van der Waals surface area contributed by atoms with Crippen LogP contribution in [0.25, 0.3) is 10.9 Å². The van der Waals surface area contributed by atoms with E-state index >= 15 is 0 Å². The number of fused-ring (bicyclic) bond motifs is 1. The second-order valence-electron chi connectivity index (χ2n) is 6.99. The minimum Gasteiger partial charge on any atom is -0.494 e. The molecule has 4 nitrogen and oxygen atoms in total. The number of hydrogen-bond acceptors (Lipinski definition) is 3. The van der Waals surface area contributed by atoms with Crippen molar-refractivity contribution >= 4 is 16.6 Å². The minimum atomic E-state index is 0.187. The van der Waals surface area contributed by atoms with Crippen LogP contribution < -0.4 is 0 Å². The highest BCUT2D eigenvalue weighted by Gasteiger charge is 2.23. The summed E-state index contributed by atoms with van der Waals surface area (Å²) in [6, 6.07) is 6.69. The first kappa shape index (κ1) is 16.1. The largest absolute Gasteiger partial charge is 0.494 e. The molecular weight excluding hydrogens is 288 g/mol. The Morgan fingerprint density at radius 3 is 2.65 bits per heavy atom. The second kappa shape index (κ2) is 6.36. The van der Waals surface area contributed by atoms with Crippen molar-refractivity contribution < 1.29 is 9.84 Å². The van der Waals surface area contributed by atoms with E-state index in [-0.39, 0.29) is 6.04 Å². The zero-order valence-electron chi connectivity index (χ0n) is 14.5. The molecule has 1 N–H and O–H groups in total. The number of ether oxygens (including phenoxy) is 1. The standard InChI is InChI=1S/C19H26N2O2/c1-12(2)9-14-5-6-17-15(10-14)18(16-11-23-8-7-20-16)19(22)21(17)13(3)4/h5-6,10,12-13,22H,7-9,11H2,1-4H3. The molecule has 124 valence electrons. The number of hydrogen-bond donors (Lipinski definition) is 1. The lowest BCUT2D eigenvalue weighted by molar-refractivity contribution is 0.171. The first-order valence-corrected chi connectivity index (χ1v) is 8.46. The predicted octanol–water partition coefficient (Wildman–Crippen LogP) is 3.95. The lowest BCUT2D eigenvalue weighted by Gasteiger charge is -2.14.